The highest BCUT2D eigenvalue weighted by Gasteiger charge is 2.32. The molecule has 0 unspecified atom stereocenters. The van der Waals surface area contributed by atoms with E-state index in [1.807, 2.05) is 13.8 Å². The van der Waals surface area contributed by atoms with Crippen molar-refractivity contribution in [2.75, 3.05) is 5.88 Å². The molecule has 0 amide bonds. The van der Waals surface area contributed by atoms with E-state index in [0.29, 0.717) is 17.3 Å². The first kappa shape index (κ1) is 16.9. The third-order valence-electron chi connectivity index (χ3n) is 3.14. The average Bonchev–Trinajstić information content (AvgIpc) is 2.35. The van der Waals surface area contributed by atoms with Crippen LogP contribution in [0.4, 0.5) is 4.39 Å². The molecule has 0 saturated carbocycles. The number of rotatable bonds is 6. The van der Waals surface area contributed by atoms with E-state index in [0.717, 1.165) is 6.07 Å². The van der Waals surface area contributed by atoms with Gasteiger partial charge in [0, 0.05) is 15.9 Å². The molecule has 0 bridgehead atoms. The van der Waals surface area contributed by atoms with Crippen LogP contribution in [0.2, 0.25) is 0 Å². The molecule has 0 aromatic heterocycles. The third-order valence-corrected chi connectivity index (χ3v) is 5.76. The molecule has 1 aromatic rings. The van der Waals surface area contributed by atoms with Gasteiger partial charge in [-0.25, -0.2) is 17.5 Å². The predicted molar refractivity (Wildman–Crippen MR) is 78.5 cm³/mol. The zero-order chi connectivity index (χ0) is 14.7. The van der Waals surface area contributed by atoms with Gasteiger partial charge in [-0.05, 0) is 31.0 Å². The molecule has 0 radical (unpaired) electrons. The Kier molecular flexibility index (Phi) is 5.79. The fourth-order valence-electron chi connectivity index (χ4n) is 1.64. The van der Waals surface area contributed by atoms with Crippen molar-refractivity contribution in [2.45, 2.75) is 37.1 Å². The van der Waals surface area contributed by atoms with Crippen molar-refractivity contribution in [2.24, 2.45) is 0 Å². The average molecular weight is 373 g/mol. The molecule has 0 fully saturated rings. The number of alkyl halides is 1. The minimum absolute atomic E-state index is 0.136. The zero-order valence-corrected chi connectivity index (χ0v) is 13.9. The van der Waals surface area contributed by atoms with Crippen LogP contribution in [0.3, 0.4) is 0 Å². The van der Waals surface area contributed by atoms with E-state index in [1.54, 1.807) is 0 Å². The summed E-state index contributed by atoms with van der Waals surface area (Å²) in [5, 5.41) is 0. The zero-order valence-electron chi connectivity index (χ0n) is 10.7. The lowest BCUT2D eigenvalue weighted by Gasteiger charge is -2.30. The van der Waals surface area contributed by atoms with Crippen molar-refractivity contribution in [1.29, 1.82) is 0 Å². The second-order valence-electron chi connectivity index (χ2n) is 4.30. The summed E-state index contributed by atoms with van der Waals surface area (Å²) >= 11 is 8.94. The van der Waals surface area contributed by atoms with Crippen LogP contribution >= 0.6 is 27.5 Å². The molecule has 1 N–H and O–H groups in total. The summed E-state index contributed by atoms with van der Waals surface area (Å²) < 4.78 is 41.2. The molecule has 0 spiro atoms. The first-order chi connectivity index (χ1) is 8.80. The molecule has 0 aliphatic rings. The van der Waals surface area contributed by atoms with E-state index >= 15 is 0 Å². The molecule has 0 atom stereocenters. The summed E-state index contributed by atoms with van der Waals surface area (Å²) in [6.45, 7) is 3.68. The Labute approximate surface area is 126 Å². The van der Waals surface area contributed by atoms with Crippen LogP contribution in [0.1, 0.15) is 26.7 Å². The summed E-state index contributed by atoms with van der Waals surface area (Å²) in [7, 11) is -3.93. The van der Waals surface area contributed by atoms with E-state index in [9.17, 15) is 12.8 Å². The molecular weight excluding hydrogens is 357 g/mol. The van der Waals surface area contributed by atoms with Gasteiger partial charge < -0.3 is 0 Å². The standard InChI is InChI=1S/C12H16BrClFNO2S/c1-3-12(4-2,8-14)16-19(17,18)11-6-5-9(13)7-10(11)15/h5-7,16H,3-4,8H2,1-2H3. The minimum Gasteiger partial charge on any atom is -0.207 e. The minimum atomic E-state index is -3.93. The molecule has 1 rings (SSSR count). The van der Waals surface area contributed by atoms with Gasteiger partial charge in [-0.3, -0.25) is 0 Å². The lowest BCUT2D eigenvalue weighted by Crippen LogP contribution is -2.49. The van der Waals surface area contributed by atoms with Gasteiger partial charge in [0.1, 0.15) is 10.7 Å². The van der Waals surface area contributed by atoms with Gasteiger partial charge >= 0.3 is 0 Å². The number of nitrogens with one attached hydrogen (secondary N) is 1. The van der Waals surface area contributed by atoms with Crippen molar-refractivity contribution >= 4 is 37.6 Å². The summed E-state index contributed by atoms with van der Waals surface area (Å²) in [5.74, 6) is -0.658. The van der Waals surface area contributed by atoms with E-state index in [-0.39, 0.29) is 10.8 Å². The van der Waals surface area contributed by atoms with Gasteiger partial charge in [-0.1, -0.05) is 29.8 Å². The molecule has 108 valence electrons. The molecule has 0 heterocycles. The Balaban J connectivity index is 3.17. The Morgan fingerprint density at radius 2 is 1.95 bits per heavy atom. The summed E-state index contributed by atoms with van der Waals surface area (Å²) in [5.41, 5.74) is -0.750. The van der Waals surface area contributed by atoms with E-state index in [2.05, 4.69) is 20.7 Å². The van der Waals surface area contributed by atoms with Crippen LogP contribution in [-0.4, -0.2) is 19.8 Å². The van der Waals surface area contributed by atoms with Gasteiger partial charge in [-0.15, -0.1) is 11.6 Å². The maximum absolute atomic E-state index is 13.8. The van der Waals surface area contributed by atoms with Crippen molar-refractivity contribution < 1.29 is 12.8 Å². The first-order valence-electron chi connectivity index (χ1n) is 5.85. The molecule has 1 aromatic carbocycles. The van der Waals surface area contributed by atoms with Crippen molar-refractivity contribution in [3.63, 3.8) is 0 Å². The largest absolute Gasteiger partial charge is 0.244 e. The highest BCUT2D eigenvalue weighted by Crippen LogP contribution is 2.24. The Morgan fingerprint density at radius 3 is 2.37 bits per heavy atom. The van der Waals surface area contributed by atoms with Crippen LogP contribution in [0.25, 0.3) is 0 Å². The van der Waals surface area contributed by atoms with Crippen molar-refractivity contribution in [1.82, 2.24) is 4.72 Å². The topological polar surface area (TPSA) is 46.2 Å². The Hall–Kier alpha value is -0.170. The van der Waals surface area contributed by atoms with Crippen LogP contribution in [0.15, 0.2) is 27.6 Å². The molecule has 3 nitrogen and oxygen atoms in total. The summed E-state index contributed by atoms with van der Waals surface area (Å²) in [4.78, 5) is -0.368. The third kappa shape index (κ3) is 3.90. The van der Waals surface area contributed by atoms with E-state index in [1.165, 1.54) is 12.1 Å². The summed E-state index contributed by atoms with van der Waals surface area (Å²) in [6.07, 6.45) is 1.06. The van der Waals surface area contributed by atoms with Gasteiger partial charge in [-0.2, -0.15) is 0 Å². The number of benzene rings is 1. The quantitative estimate of drug-likeness (QED) is 0.775. The van der Waals surface area contributed by atoms with Gasteiger partial charge in [0.15, 0.2) is 0 Å². The van der Waals surface area contributed by atoms with Crippen LogP contribution in [0.5, 0.6) is 0 Å². The molecule has 19 heavy (non-hydrogen) atoms. The first-order valence-corrected chi connectivity index (χ1v) is 8.66. The molecule has 0 aliphatic carbocycles. The maximum atomic E-state index is 13.8. The van der Waals surface area contributed by atoms with Crippen molar-refractivity contribution in [3.8, 4) is 0 Å². The lowest BCUT2D eigenvalue weighted by atomic mass is 9.97. The van der Waals surface area contributed by atoms with Crippen molar-refractivity contribution in [3.05, 3.63) is 28.5 Å². The second-order valence-corrected chi connectivity index (χ2v) is 7.14. The molecular formula is C12H16BrClFNO2S. The SMILES string of the molecule is CCC(CC)(CCl)NS(=O)(=O)c1ccc(Br)cc1F. The molecule has 0 saturated heterocycles. The van der Waals surface area contributed by atoms with Crippen LogP contribution in [0, 0.1) is 5.82 Å². The Morgan fingerprint density at radius 1 is 1.37 bits per heavy atom. The fraction of sp³-hybridized carbons (Fsp3) is 0.500. The van der Waals surface area contributed by atoms with Gasteiger partial charge in [0.25, 0.3) is 0 Å². The normalized spacial score (nSPS) is 12.7. The number of hydrogen-bond donors (Lipinski definition) is 1. The van der Waals surface area contributed by atoms with Gasteiger partial charge in [0.2, 0.25) is 10.0 Å². The highest BCUT2D eigenvalue weighted by molar-refractivity contribution is 9.10. The monoisotopic (exact) mass is 371 g/mol. The maximum Gasteiger partial charge on any atom is 0.244 e. The lowest BCUT2D eigenvalue weighted by molar-refractivity contribution is 0.392. The smallest absolute Gasteiger partial charge is 0.207 e. The number of sulfonamides is 1. The summed E-state index contributed by atoms with van der Waals surface area (Å²) in [6, 6.07) is 3.83. The number of hydrogen-bond acceptors (Lipinski definition) is 2. The van der Waals surface area contributed by atoms with Crippen LogP contribution in [-0.2, 0) is 10.0 Å². The fourth-order valence-corrected chi connectivity index (χ4v) is 4.10. The van der Waals surface area contributed by atoms with E-state index in [4.69, 9.17) is 11.6 Å². The van der Waals surface area contributed by atoms with E-state index < -0.39 is 21.4 Å². The van der Waals surface area contributed by atoms with Crippen LogP contribution < -0.4 is 4.72 Å². The second kappa shape index (κ2) is 6.52. The Bertz CT molecular complexity index is 538. The number of halogens is 3. The molecule has 7 heteroatoms. The molecule has 0 aliphatic heterocycles. The van der Waals surface area contributed by atoms with Gasteiger partial charge in [0.05, 0.1) is 0 Å². The highest BCUT2D eigenvalue weighted by atomic mass is 79.9. The predicted octanol–water partition coefficient (Wildman–Crippen LogP) is 3.66.